The molecule has 17 heavy (non-hydrogen) atoms. The summed E-state index contributed by atoms with van der Waals surface area (Å²) in [6, 6.07) is 0. The van der Waals surface area contributed by atoms with Crippen LogP contribution in [0.15, 0.2) is 20.0 Å². The van der Waals surface area contributed by atoms with Gasteiger partial charge in [-0.15, -0.1) is 0 Å². The second-order valence-corrected chi connectivity index (χ2v) is 15.3. The molecule has 1 aliphatic heterocycles. The van der Waals surface area contributed by atoms with Crippen LogP contribution in [-0.4, -0.2) is 33.0 Å². The third kappa shape index (κ3) is 12.7. The Morgan fingerprint density at radius 3 is 0.824 bits per heavy atom. The Labute approximate surface area is 120 Å². The molecule has 3 heteroatoms. The maximum atomic E-state index is 2.27. The summed E-state index contributed by atoms with van der Waals surface area (Å²) < 4.78 is 3.34. The first kappa shape index (κ1) is 19.8. The second kappa shape index (κ2) is 10.4. The molecule has 98 valence electrons. The van der Waals surface area contributed by atoms with Crippen LogP contribution in [0.25, 0.3) is 0 Å². The van der Waals surface area contributed by atoms with E-state index in [1.54, 1.807) is 20.0 Å². The second-order valence-electron chi connectivity index (χ2n) is 5.62. The smallest absolute Gasteiger partial charge is 0.0379 e. The van der Waals surface area contributed by atoms with Gasteiger partial charge in [0.15, 0.2) is 0 Å². The van der Waals surface area contributed by atoms with E-state index in [-0.39, 0.29) is 33.0 Å². The van der Waals surface area contributed by atoms with E-state index in [0.29, 0.717) is 0 Å². The van der Waals surface area contributed by atoms with Crippen LogP contribution in [0.4, 0.5) is 0 Å². The van der Waals surface area contributed by atoms with Gasteiger partial charge in [-0.1, -0.05) is 39.3 Å². The molecule has 1 heterocycles. The minimum absolute atomic E-state index is 0.120. The molecule has 0 amide bonds. The first-order chi connectivity index (χ1) is 7.59. The van der Waals surface area contributed by atoms with Crippen LogP contribution in [0, 0.1) is 0 Å². The van der Waals surface area contributed by atoms with Crippen molar-refractivity contribution in [1.82, 2.24) is 0 Å². The average Bonchev–Trinajstić information content (AvgIpc) is 2.31. The van der Waals surface area contributed by atoms with Crippen LogP contribution in [0.2, 0.25) is 39.3 Å². The van der Waals surface area contributed by atoms with Gasteiger partial charge >= 0.3 is 63.1 Å². The predicted octanol–water partition coefficient (Wildman–Crippen LogP) is 5.03. The van der Waals surface area contributed by atoms with Crippen LogP contribution in [-0.2, 0) is 0 Å². The molecule has 0 atom stereocenters. The summed E-state index contributed by atoms with van der Waals surface area (Å²) in [5.41, 5.74) is 3.13. The Hall–Kier alpha value is 0.457. The molecule has 0 spiro atoms. The van der Waals surface area contributed by atoms with E-state index in [0.717, 1.165) is 0 Å². The van der Waals surface area contributed by atoms with E-state index in [9.17, 15) is 0 Å². The quantitative estimate of drug-likeness (QED) is 0.547. The van der Waals surface area contributed by atoms with Crippen molar-refractivity contribution in [2.24, 2.45) is 0 Å². The SMILES string of the molecule is C[C]1=C(C)C(C)=[C](C)[Ge]1.C[Si](C)C.C[Si](C)C. The van der Waals surface area contributed by atoms with Crippen molar-refractivity contribution >= 4 is 33.0 Å². The summed E-state index contributed by atoms with van der Waals surface area (Å²) in [6.45, 7) is 22.6. The largest absolute Gasteiger partial charge is 0.0715 e. The van der Waals surface area contributed by atoms with Gasteiger partial charge in [-0.2, -0.15) is 0 Å². The molecule has 0 fully saturated rings. The maximum absolute atomic E-state index is 2.27. The number of hydrogen-bond acceptors (Lipinski definition) is 0. The van der Waals surface area contributed by atoms with Gasteiger partial charge in [0.2, 0.25) is 0 Å². The predicted molar refractivity (Wildman–Crippen MR) is 89.2 cm³/mol. The summed E-state index contributed by atoms with van der Waals surface area (Å²) in [5, 5.41) is 0. The van der Waals surface area contributed by atoms with Gasteiger partial charge in [0.1, 0.15) is 0 Å². The van der Waals surface area contributed by atoms with Gasteiger partial charge in [0, 0.05) is 17.6 Å². The molecule has 0 aromatic heterocycles. The topological polar surface area (TPSA) is 0 Å². The Bertz CT molecular complexity index is 242. The van der Waals surface area contributed by atoms with Crippen molar-refractivity contribution in [1.29, 1.82) is 0 Å². The van der Waals surface area contributed by atoms with E-state index in [4.69, 9.17) is 0 Å². The zero-order valence-corrected chi connectivity index (χ0v) is 17.6. The van der Waals surface area contributed by atoms with E-state index >= 15 is 0 Å². The number of rotatable bonds is 0. The van der Waals surface area contributed by atoms with Gasteiger partial charge < -0.3 is 0 Å². The minimum Gasteiger partial charge on any atom is -0.0715 e. The van der Waals surface area contributed by atoms with E-state index < -0.39 is 0 Å². The molecular weight excluding hydrogens is 297 g/mol. The molecule has 1 aliphatic rings. The van der Waals surface area contributed by atoms with Crippen molar-refractivity contribution in [3.8, 4) is 0 Å². The maximum Gasteiger partial charge on any atom is 0.0379 e. The van der Waals surface area contributed by atoms with Gasteiger partial charge in [0.05, 0.1) is 0 Å². The molecule has 0 aromatic carbocycles. The fourth-order valence-electron chi connectivity index (χ4n) is 1.03. The van der Waals surface area contributed by atoms with Crippen LogP contribution in [0.3, 0.4) is 0 Å². The Morgan fingerprint density at radius 1 is 0.588 bits per heavy atom. The van der Waals surface area contributed by atoms with Gasteiger partial charge in [-0.3, -0.25) is 0 Å². The average molecular weight is 327 g/mol. The van der Waals surface area contributed by atoms with Crippen LogP contribution >= 0.6 is 0 Å². The Morgan fingerprint density at radius 2 is 0.765 bits per heavy atom. The van der Waals surface area contributed by atoms with Crippen LogP contribution in [0.1, 0.15) is 27.7 Å². The monoisotopic (exact) mass is 328 g/mol. The summed E-state index contributed by atoms with van der Waals surface area (Å²) in [5.74, 6) is 0. The van der Waals surface area contributed by atoms with Crippen molar-refractivity contribution in [2.75, 3.05) is 0 Å². The molecule has 0 bridgehead atoms. The molecule has 1 rings (SSSR count). The molecular formula is C14H30GeSi2. The Kier molecular flexibility index (Phi) is 12.1. The molecule has 0 saturated carbocycles. The fraction of sp³-hybridized carbons (Fsp3) is 0.714. The standard InChI is InChI=1S/C8H12Ge.2C3H9Si/c1-5-6(2)8(4)9-7(5)3;2*1-4(2)3/h1-4H3;2*1-3H3. The van der Waals surface area contributed by atoms with Gasteiger partial charge in [-0.05, 0) is 0 Å². The molecule has 4 radical (unpaired) electrons. The number of hydrogen-bond donors (Lipinski definition) is 0. The van der Waals surface area contributed by atoms with Crippen molar-refractivity contribution in [3.63, 3.8) is 0 Å². The summed E-state index contributed by atoms with van der Waals surface area (Å²) in [7, 11) is 0.241. The summed E-state index contributed by atoms with van der Waals surface area (Å²) in [4.78, 5) is 0. The van der Waals surface area contributed by atoms with Crippen molar-refractivity contribution in [3.05, 3.63) is 20.0 Å². The van der Waals surface area contributed by atoms with Gasteiger partial charge in [-0.25, -0.2) is 0 Å². The van der Waals surface area contributed by atoms with Gasteiger partial charge in [0.25, 0.3) is 0 Å². The van der Waals surface area contributed by atoms with Crippen LogP contribution in [0.5, 0.6) is 0 Å². The third-order valence-electron chi connectivity index (χ3n) is 2.06. The van der Waals surface area contributed by atoms with E-state index in [1.165, 1.54) is 0 Å². The summed E-state index contributed by atoms with van der Waals surface area (Å²) in [6.07, 6.45) is 0. The molecule has 0 N–H and O–H groups in total. The zero-order valence-electron chi connectivity index (χ0n) is 13.5. The normalized spacial score (nSPS) is 14.8. The minimum atomic E-state index is 0.120. The molecule has 0 nitrogen and oxygen atoms in total. The first-order valence-corrected chi connectivity index (χ1v) is 14.3. The summed E-state index contributed by atoms with van der Waals surface area (Å²) >= 11 is 0.171. The first-order valence-electron chi connectivity index (χ1n) is 6.25. The van der Waals surface area contributed by atoms with Crippen molar-refractivity contribution < 1.29 is 0 Å². The fourth-order valence-corrected chi connectivity index (χ4v) is 3.78. The number of allylic oxidation sites excluding steroid dienone is 4. The van der Waals surface area contributed by atoms with E-state index in [1.807, 2.05) is 0 Å². The molecule has 0 aliphatic carbocycles. The van der Waals surface area contributed by atoms with Crippen molar-refractivity contribution in [2.45, 2.75) is 67.0 Å². The van der Waals surface area contributed by atoms with Crippen LogP contribution < -0.4 is 0 Å². The molecule has 0 unspecified atom stereocenters. The third-order valence-corrected chi connectivity index (χ3v) is 5.21. The van der Waals surface area contributed by atoms with E-state index in [2.05, 4.69) is 67.0 Å². The molecule has 0 aromatic rings. The zero-order chi connectivity index (χ0) is 14.2. The molecule has 0 saturated heterocycles. The Balaban J connectivity index is 0.